The zero-order valence-corrected chi connectivity index (χ0v) is 15.0. The fourth-order valence-corrected chi connectivity index (χ4v) is 3.81. The van der Waals surface area contributed by atoms with Gasteiger partial charge in [0.15, 0.2) is 0 Å². The zero-order valence-electron chi connectivity index (χ0n) is 14.2. The summed E-state index contributed by atoms with van der Waals surface area (Å²) in [5.74, 6) is 2.13. The number of hydrogen-bond acceptors (Lipinski definition) is 6. The van der Waals surface area contributed by atoms with Gasteiger partial charge in [0.1, 0.15) is 17.9 Å². The highest BCUT2D eigenvalue weighted by molar-refractivity contribution is 7.88. The molecule has 0 bridgehead atoms. The number of aromatic nitrogens is 3. The highest BCUT2D eigenvalue weighted by Gasteiger charge is 2.26. The Bertz CT molecular complexity index is 788. The Balaban J connectivity index is 1.59. The van der Waals surface area contributed by atoms with Crippen molar-refractivity contribution in [3.8, 4) is 0 Å². The van der Waals surface area contributed by atoms with Crippen LogP contribution in [0.15, 0.2) is 28.0 Å². The number of nitrogens with zero attached hydrogens (tertiary/aromatic N) is 5. The van der Waals surface area contributed by atoms with Gasteiger partial charge in [0.2, 0.25) is 5.09 Å². The van der Waals surface area contributed by atoms with E-state index in [2.05, 4.69) is 15.1 Å². The molecule has 2 aromatic heterocycles. The summed E-state index contributed by atoms with van der Waals surface area (Å²) in [4.78, 5) is 2.28. The average Bonchev–Trinajstić information content (AvgIpc) is 3.17. The molecule has 132 valence electrons. The minimum atomic E-state index is -3.51. The first kappa shape index (κ1) is 17.1. The fraction of sp³-hybridized carbons (Fsp3) is 0.600. The summed E-state index contributed by atoms with van der Waals surface area (Å²) >= 11 is 0. The van der Waals surface area contributed by atoms with Gasteiger partial charge in [0.25, 0.3) is 10.0 Å². The molecule has 1 aliphatic rings. The molecule has 0 saturated carbocycles. The summed E-state index contributed by atoms with van der Waals surface area (Å²) in [6, 6.07) is 3.27. The van der Waals surface area contributed by atoms with E-state index in [-0.39, 0.29) is 5.09 Å². The molecule has 3 rings (SSSR count). The van der Waals surface area contributed by atoms with E-state index in [0.717, 1.165) is 36.1 Å². The maximum Gasteiger partial charge on any atom is 0.275 e. The van der Waals surface area contributed by atoms with Crippen molar-refractivity contribution in [2.75, 3.05) is 27.2 Å². The van der Waals surface area contributed by atoms with Gasteiger partial charge < -0.3 is 8.98 Å². The van der Waals surface area contributed by atoms with Gasteiger partial charge in [0, 0.05) is 27.1 Å². The van der Waals surface area contributed by atoms with Crippen LogP contribution in [0.4, 0.5) is 0 Å². The molecule has 0 atom stereocenters. The molecule has 0 radical (unpaired) electrons. The minimum absolute atomic E-state index is 0.00327. The molecule has 8 nitrogen and oxygen atoms in total. The molecule has 0 spiro atoms. The summed E-state index contributed by atoms with van der Waals surface area (Å²) in [7, 11) is 1.45. The first-order valence-corrected chi connectivity index (χ1v) is 9.39. The minimum Gasteiger partial charge on any atom is -0.447 e. The predicted octanol–water partition coefficient (Wildman–Crippen LogP) is 1.04. The van der Waals surface area contributed by atoms with Gasteiger partial charge in [-0.15, -0.1) is 10.2 Å². The second-order valence-electron chi connectivity index (χ2n) is 6.36. The van der Waals surface area contributed by atoms with Gasteiger partial charge in [-0.05, 0) is 38.1 Å². The molecule has 24 heavy (non-hydrogen) atoms. The largest absolute Gasteiger partial charge is 0.447 e. The topological polar surface area (TPSA) is 84.5 Å². The van der Waals surface area contributed by atoms with Crippen LogP contribution in [0, 0.1) is 0 Å². The molecule has 1 aliphatic heterocycles. The van der Waals surface area contributed by atoms with E-state index in [9.17, 15) is 8.42 Å². The normalized spacial score (nSPS) is 17.7. The number of aryl methyl sites for hydroxylation is 1. The Labute approximate surface area is 142 Å². The standard InChI is InChI=1S/C15H23N5O3S/c1-18(2)24(21,22)14-5-4-13(23-14)10-20-8-6-12(7-9-20)15-17-16-11-19(15)3/h4-5,11-12H,6-10H2,1-3H3. The van der Waals surface area contributed by atoms with Crippen LogP contribution in [0.5, 0.6) is 0 Å². The average molecular weight is 353 g/mol. The third-order valence-corrected chi connectivity index (χ3v) is 6.14. The molecule has 0 unspecified atom stereocenters. The summed E-state index contributed by atoms with van der Waals surface area (Å²) in [6.07, 6.45) is 3.75. The number of hydrogen-bond donors (Lipinski definition) is 0. The number of rotatable bonds is 5. The molecule has 1 fully saturated rings. The zero-order chi connectivity index (χ0) is 17.3. The van der Waals surface area contributed by atoms with Crippen molar-refractivity contribution in [3.05, 3.63) is 30.0 Å². The third kappa shape index (κ3) is 3.38. The maximum atomic E-state index is 12.0. The van der Waals surface area contributed by atoms with Crippen LogP contribution >= 0.6 is 0 Å². The summed E-state index contributed by atoms with van der Waals surface area (Å²) in [5.41, 5.74) is 0. The van der Waals surface area contributed by atoms with Crippen LogP contribution in [0.1, 0.15) is 30.3 Å². The third-order valence-electron chi connectivity index (χ3n) is 4.45. The Morgan fingerprint density at radius 1 is 1.29 bits per heavy atom. The lowest BCUT2D eigenvalue weighted by molar-refractivity contribution is 0.183. The Morgan fingerprint density at radius 3 is 2.58 bits per heavy atom. The predicted molar refractivity (Wildman–Crippen MR) is 87.8 cm³/mol. The maximum absolute atomic E-state index is 12.0. The van der Waals surface area contributed by atoms with Crippen LogP contribution < -0.4 is 0 Å². The van der Waals surface area contributed by atoms with Crippen molar-refractivity contribution in [3.63, 3.8) is 0 Å². The van der Waals surface area contributed by atoms with Gasteiger partial charge in [-0.1, -0.05) is 0 Å². The SMILES string of the molecule is CN(C)S(=O)(=O)c1ccc(CN2CCC(c3nncn3C)CC2)o1. The Hall–Kier alpha value is -1.71. The molecular formula is C15H23N5O3S. The highest BCUT2D eigenvalue weighted by atomic mass is 32.2. The van der Waals surface area contributed by atoms with E-state index in [0.29, 0.717) is 18.2 Å². The first-order chi connectivity index (χ1) is 11.4. The molecule has 0 amide bonds. The lowest BCUT2D eigenvalue weighted by Crippen LogP contribution is -2.33. The van der Waals surface area contributed by atoms with Crippen molar-refractivity contribution < 1.29 is 12.8 Å². The second-order valence-corrected chi connectivity index (χ2v) is 8.44. The molecule has 1 saturated heterocycles. The van der Waals surface area contributed by atoms with E-state index >= 15 is 0 Å². The highest BCUT2D eigenvalue weighted by Crippen LogP contribution is 2.27. The van der Waals surface area contributed by atoms with Crippen LogP contribution in [-0.2, 0) is 23.6 Å². The molecular weight excluding hydrogens is 330 g/mol. The van der Waals surface area contributed by atoms with Crippen molar-refractivity contribution in [2.24, 2.45) is 7.05 Å². The van der Waals surface area contributed by atoms with Crippen molar-refractivity contribution in [1.29, 1.82) is 0 Å². The van der Waals surface area contributed by atoms with Gasteiger partial charge in [-0.3, -0.25) is 4.90 Å². The van der Waals surface area contributed by atoms with Crippen LogP contribution in [-0.4, -0.2) is 59.6 Å². The quantitative estimate of drug-likeness (QED) is 0.798. The monoisotopic (exact) mass is 353 g/mol. The Morgan fingerprint density at radius 2 is 2.00 bits per heavy atom. The van der Waals surface area contributed by atoms with Gasteiger partial charge in [-0.2, -0.15) is 0 Å². The van der Waals surface area contributed by atoms with Crippen LogP contribution in [0.25, 0.3) is 0 Å². The van der Waals surface area contributed by atoms with Crippen LogP contribution in [0.2, 0.25) is 0 Å². The summed E-state index contributed by atoms with van der Waals surface area (Å²) in [5, 5.41) is 8.14. The van der Waals surface area contributed by atoms with Crippen LogP contribution in [0.3, 0.4) is 0 Å². The molecule has 2 aromatic rings. The fourth-order valence-electron chi connectivity index (χ4n) is 2.99. The van der Waals surface area contributed by atoms with Crippen molar-refractivity contribution >= 4 is 10.0 Å². The number of sulfonamides is 1. The van der Waals surface area contributed by atoms with Gasteiger partial charge in [0.05, 0.1) is 6.54 Å². The molecule has 0 aromatic carbocycles. The smallest absolute Gasteiger partial charge is 0.275 e. The Kier molecular flexibility index (Phi) is 4.75. The van der Waals surface area contributed by atoms with Gasteiger partial charge >= 0.3 is 0 Å². The molecule has 3 heterocycles. The van der Waals surface area contributed by atoms with E-state index < -0.39 is 10.0 Å². The lowest BCUT2D eigenvalue weighted by atomic mass is 9.96. The van der Waals surface area contributed by atoms with E-state index in [1.54, 1.807) is 12.4 Å². The lowest BCUT2D eigenvalue weighted by Gasteiger charge is -2.30. The number of furan rings is 1. The molecule has 0 aliphatic carbocycles. The number of likely N-dealkylation sites (tertiary alicyclic amines) is 1. The van der Waals surface area contributed by atoms with Gasteiger partial charge in [-0.25, -0.2) is 12.7 Å². The number of piperidine rings is 1. The molecule has 9 heteroatoms. The first-order valence-electron chi connectivity index (χ1n) is 7.95. The van der Waals surface area contributed by atoms with Crippen molar-refractivity contribution in [2.45, 2.75) is 30.4 Å². The summed E-state index contributed by atoms with van der Waals surface area (Å²) in [6.45, 7) is 2.47. The second kappa shape index (κ2) is 6.66. The van der Waals surface area contributed by atoms with E-state index in [4.69, 9.17) is 4.42 Å². The van der Waals surface area contributed by atoms with Crippen molar-refractivity contribution in [1.82, 2.24) is 24.0 Å². The van der Waals surface area contributed by atoms with E-state index in [1.165, 1.54) is 20.2 Å². The summed E-state index contributed by atoms with van der Waals surface area (Å²) < 4.78 is 32.8. The van der Waals surface area contributed by atoms with E-state index in [1.807, 2.05) is 11.6 Å². The molecule has 0 N–H and O–H groups in total.